The molecule has 64 valence electrons. The zero-order chi connectivity index (χ0) is 7.40. The molecule has 11 heavy (non-hydrogen) atoms. The molecule has 0 fully saturated rings. The van der Waals surface area contributed by atoms with Crippen LogP contribution in [0.2, 0.25) is 0 Å². The smallest absolute Gasteiger partial charge is 0.239 e. The molecule has 0 unspecified atom stereocenters. The largest absolute Gasteiger partial charge is 0.367 e. The van der Waals surface area contributed by atoms with Crippen LogP contribution in [0.5, 0.6) is 0 Å². The third kappa shape index (κ3) is 3.20. The van der Waals surface area contributed by atoms with E-state index in [0.29, 0.717) is 12.5 Å². The Bertz CT molecular complexity index is 199. The first kappa shape index (κ1) is 10.2. The number of hydrogen-bond donors (Lipinski definition) is 3. The molecular weight excluding hydrogens is 166 g/mol. The molecule has 0 aliphatic rings. The Morgan fingerprint density at radius 1 is 1.45 bits per heavy atom. The third-order valence-corrected chi connectivity index (χ3v) is 1.17. The van der Waals surface area contributed by atoms with E-state index in [1.54, 1.807) is 0 Å². The van der Waals surface area contributed by atoms with E-state index in [1.165, 1.54) is 0 Å². The first-order chi connectivity index (χ1) is 4.83. The molecule has 1 aromatic heterocycles. The van der Waals surface area contributed by atoms with E-state index in [9.17, 15) is 0 Å². The number of aromatic amines is 1. The summed E-state index contributed by atoms with van der Waals surface area (Å²) in [5.74, 6) is 1.11. The van der Waals surface area contributed by atoms with Gasteiger partial charge in [0.1, 0.15) is 5.82 Å². The molecular formula is C5H12ClN5. The molecule has 1 aromatic rings. The average molecular weight is 178 g/mol. The molecule has 0 atom stereocenters. The quantitative estimate of drug-likeness (QED) is 0.591. The predicted octanol–water partition coefficient (Wildman–Crippen LogP) is -0.300. The van der Waals surface area contributed by atoms with Crippen molar-refractivity contribution in [3.63, 3.8) is 0 Å². The molecule has 0 aliphatic heterocycles. The van der Waals surface area contributed by atoms with Crippen LogP contribution < -0.4 is 11.5 Å². The minimum Gasteiger partial charge on any atom is -0.367 e. The van der Waals surface area contributed by atoms with Crippen molar-refractivity contribution in [2.45, 2.75) is 12.8 Å². The number of rotatable bonds is 3. The Balaban J connectivity index is 0.000001000. The summed E-state index contributed by atoms with van der Waals surface area (Å²) in [5.41, 5.74) is 10.6. The maximum Gasteiger partial charge on any atom is 0.239 e. The molecule has 1 rings (SSSR count). The van der Waals surface area contributed by atoms with Gasteiger partial charge in [0.25, 0.3) is 0 Å². The van der Waals surface area contributed by atoms with Crippen LogP contribution in [0.15, 0.2) is 0 Å². The van der Waals surface area contributed by atoms with Crippen LogP contribution in [0.3, 0.4) is 0 Å². The Kier molecular flexibility index (Phi) is 4.56. The number of aryl methyl sites for hydroxylation is 1. The highest BCUT2D eigenvalue weighted by Gasteiger charge is 1.96. The highest BCUT2D eigenvalue weighted by atomic mass is 35.5. The lowest BCUT2D eigenvalue weighted by Crippen LogP contribution is -2.01. The van der Waals surface area contributed by atoms with Crippen LogP contribution in [-0.2, 0) is 6.42 Å². The van der Waals surface area contributed by atoms with E-state index < -0.39 is 0 Å². The lowest BCUT2D eigenvalue weighted by Gasteiger charge is -1.89. The van der Waals surface area contributed by atoms with Crippen LogP contribution in [0, 0.1) is 0 Å². The molecule has 0 saturated heterocycles. The molecule has 5 N–H and O–H groups in total. The van der Waals surface area contributed by atoms with Crippen molar-refractivity contribution in [2.24, 2.45) is 5.73 Å². The number of H-pyrrole nitrogens is 1. The van der Waals surface area contributed by atoms with E-state index in [-0.39, 0.29) is 12.4 Å². The number of anilines is 1. The van der Waals surface area contributed by atoms with Crippen LogP contribution in [0.1, 0.15) is 12.2 Å². The fourth-order valence-corrected chi connectivity index (χ4v) is 0.691. The van der Waals surface area contributed by atoms with Gasteiger partial charge in [0.2, 0.25) is 5.95 Å². The number of hydrogen-bond acceptors (Lipinski definition) is 4. The average Bonchev–Trinajstić information content (AvgIpc) is 2.31. The fourth-order valence-electron chi connectivity index (χ4n) is 0.691. The van der Waals surface area contributed by atoms with E-state index in [2.05, 4.69) is 15.2 Å². The van der Waals surface area contributed by atoms with Crippen LogP contribution >= 0.6 is 12.4 Å². The van der Waals surface area contributed by atoms with Crippen molar-refractivity contribution in [2.75, 3.05) is 12.3 Å². The van der Waals surface area contributed by atoms with Gasteiger partial charge >= 0.3 is 0 Å². The maximum absolute atomic E-state index is 5.29. The summed E-state index contributed by atoms with van der Waals surface area (Å²) in [6.07, 6.45) is 1.73. The summed E-state index contributed by atoms with van der Waals surface area (Å²) >= 11 is 0. The summed E-state index contributed by atoms with van der Waals surface area (Å²) in [4.78, 5) is 3.90. The van der Waals surface area contributed by atoms with Gasteiger partial charge < -0.3 is 11.5 Å². The number of nitrogens with one attached hydrogen (secondary N) is 1. The fraction of sp³-hybridized carbons (Fsp3) is 0.600. The van der Waals surface area contributed by atoms with Crippen molar-refractivity contribution >= 4 is 18.4 Å². The number of nitrogens with zero attached hydrogens (tertiary/aromatic N) is 2. The molecule has 6 heteroatoms. The lowest BCUT2D eigenvalue weighted by molar-refractivity contribution is 0.785. The highest BCUT2D eigenvalue weighted by molar-refractivity contribution is 5.85. The summed E-state index contributed by atoms with van der Waals surface area (Å²) in [5, 5.41) is 6.37. The molecule has 0 aromatic carbocycles. The van der Waals surface area contributed by atoms with Gasteiger partial charge in [-0.3, -0.25) is 5.10 Å². The van der Waals surface area contributed by atoms with Crippen molar-refractivity contribution in [3.8, 4) is 0 Å². The van der Waals surface area contributed by atoms with Crippen LogP contribution in [0.4, 0.5) is 5.95 Å². The van der Waals surface area contributed by atoms with E-state index in [4.69, 9.17) is 11.5 Å². The topological polar surface area (TPSA) is 93.6 Å². The summed E-state index contributed by atoms with van der Waals surface area (Å²) in [6, 6.07) is 0. The Morgan fingerprint density at radius 3 is 2.64 bits per heavy atom. The van der Waals surface area contributed by atoms with Gasteiger partial charge in [0, 0.05) is 6.42 Å². The van der Waals surface area contributed by atoms with Crippen molar-refractivity contribution < 1.29 is 0 Å². The number of halogens is 1. The Labute approximate surface area is 71.0 Å². The van der Waals surface area contributed by atoms with Crippen LogP contribution in [0.25, 0.3) is 0 Å². The standard InChI is InChI=1S/C5H11N5.ClH/c6-3-1-2-4-8-5(7)10-9-4;/h1-3,6H2,(H3,7,8,9,10);1H. The van der Waals surface area contributed by atoms with Gasteiger partial charge in [-0.25, -0.2) is 0 Å². The van der Waals surface area contributed by atoms with Gasteiger partial charge in [-0.05, 0) is 13.0 Å². The monoisotopic (exact) mass is 177 g/mol. The van der Waals surface area contributed by atoms with E-state index in [1.807, 2.05) is 0 Å². The second-order valence-electron chi connectivity index (χ2n) is 2.03. The molecule has 0 spiro atoms. The van der Waals surface area contributed by atoms with E-state index in [0.717, 1.165) is 18.7 Å². The Hall–Kier alpha value is -0.810. The van der Waals surface area contributed by atoms with Gasteiger partial charge in [-0.15, -0.1) is 17.5 Å². The molecule has 5 nitrogen and oxygen atoms in total. The molecule has 0 saturated carbocycles. The first-order valence-electron chi connectivity index (χ1n) is 3.19. The lowest BCUT2D eigenvalue weighted by atomic mass is 10.3. The van der Waals surface area contributed by atoms with Crippen LogP contribution in [-0.4, -0.2) is 21.7 Å². The third-order valence-electron chi connectivity index (χ3n) is 1.17. The summed E-state index contributed by atoms with van der Waals surface area (Å²) < 4.78 is 0. The van der Waals surface area contributed by atoms with Gasteiger partial charge in [-0.1, -0.05) is 0 Å². The van der Waals surface area contributed by atoms with Gasteiger partial charge in [-0.2, -0.15) is 4.98 Å². The van der Waals surface area contributed by atoms with Crippen molar-refractivity contribution in [1.29, 1.82) is 0 Å². The number of aromatic nitrogens is 3. The zero-order valence-corrected chi connectivity index (χ0v) is 6.90. The second-order valence-corrected chi connectivity index (χ2v) is 2.03. The zero-order valence-electron chi connectivity index (χ0n) is 6.08. The highest BCUT2D eigenvalue weighted by Crippen LogP contribution is 1.95. The molecule has 0 amide bonds. The minimum atomic E-state index is 0. The molecule has 0 radical (unpaired) electrons. The minimum absolute atomic E-state index is 0. The summed E-state index contributed by atoms with van der Waals surface area (Å²) in [6.45, 7) is 0.667. The maximum atomic E-state index is 5.29. The normalized spacial score (nSPS) is 9.18. The molecule has 0 aliphatic carbocycles. The predicted molar refractivity (Wildman–Crippen MR) is 45.4 cm³/mol. The van der Waals surface area contributed by atoms with Gasteiger partial charge in [0.05, 0.1) is 0 Å². The van der Waals surface area contributed by atoms with E-state index >= 15 is 0 Å². The molecule has 0 bridgehead atoms. The summed E-state index contributed by atoms with van der Waals surface area (Å²) in [7, 11) is 0. The SMILES string of the molecule is Cl.NCCCc1nc(N)n[nH]1. The van der Waals surface area contributed by atoms with Gasteiger partial charge in [0.15, 0.2) is 0 Å². The Morgan fingerprint density at radius 2 is 2.18 bits per heavy atom. The van der Waals surface area contributed by atoms with Crippen molar-refractivity contribution in [1.82, 2.24) is 15.2 Å². The second kappa shape index (κ2) is 4.92. The molecule has 1 heterocycles. The first-order valence-corrected chi connectivity index (χ1v) is 3.19. The van der Waals surface area contributed by atoms with Crippen molar-refractivity contribution in [3.05, 3.63) is 5.82 Å². The number of nitrogens with two attached hydrogens (primary N) is 2. The number of nitrogen functional groups attached to an aromatic ring is 1.